The maximum atomic E-state index is 13.8. The van der Waals surface area contributed by atoms with Crippen molar-refractivity contribution < 1.29 is 17.6 Å². The SMILES string of the molecule is O=C(/C=C/c1cc2cc(F)ccc2n1CC1CCCCC1)Nc1ccc2c(c1)NS(=O)(=O)CC2. The van der Waals surface area contributed by atoms with Crippen molar-refractivity contribution in [2.75, 3.05) is 15.8 Å². The fourth-order valence-corrected chi connectivity index (χ4v) is 6.12. The Bertz CT molecular complexity index is 1370. The molecule has 1 fully saturated rings. The fourth-order valence-electron chi connectivity index (χ4n) is 5.01. The van der Waals surface area contributed by atoms with Crippen LogP contribution in [0.3, 0.4) is 0 Å². The Labute approximate surface area is 198 Å². The number of carbonyl (C=O) groups excluding carboxylic acids is 1. The van der Waals surface area contributed by atoms with Crippen LogP contribution in [-0.4, -0.2) is 24.6 Å². The molecule has 1 aliphatic heterocycles. The largest absolute Gasteiger partial charge is 0.341 e. The quantitative estimate of drug-likeness (QED) is 0.485. The van der Waals surface area contributed by atoms with Gasteiger partial charge in [-0.3, -0.25) is 9.52 Å². The standard InChI is InChI=1S/C26H28FN3O3S/c27-21-7-10-25-20(14-21)15-23(30(25)17-18-4-2-1-3-5-18)9-11-26(31)28-22-8-6-19-12-13-34(32,33)29-24(19)16-22/h6-11,14-16,18,29H,1-5,12-13,17H2,(H,28,31)/b11-9+. The molecule has 0 saturated heterocycles. The first-order valence-corrected chi connectivity index (χ1v) is 13.4. The molecule has 0 unspecified atom stereocenters. The Kier molecular flexibility index (Phi) is 6.16. The molecule has 1 saturated carbocycles. The molecular weight excluding hydrogens is 453 g/mol. The monoisotopic (exact) mass is 481 g/mol. The van der Waals surface area contributed by atoms with Gasteiger partial charge in [0.15, 0.2) is 0 Å². The minimum atomic E-state index is -3.33. The van der Waals surface area contributed by atoms with Gasteiger partial charge in [-0.2, -0.15) is 0 Å². The number of carbonyl (C=O) groups is 1. The molecule has 0 atom stereocenters. The second-order valence-electron chi connectivity index (χ2n) is 9.25. The number of anilines is 2. The van der Waals surface area contributed by atoms with E-state index in [-0.39, 0.29) is 17.5 Å². The summed E-state index contributed by atoms with van der Waals surface area (Å²) in [6, 6.07) is 12.0. The zero-order valence-electron chi connectivity index (χ0n) is 18.9. The first-order chi connectivity index (χ1) is 16.4. The fraction of sp³-hybridized carbons (Fsp3) is 0.346. The Morgan fingerprint density at radius 3 is 2.76 bits per heavy atom. The summed E-state index contributed by atoms with van der Waals surface area (Å²) < 4.78 is 42.2. The van der Waals surface area contributed by atoms with Crippen molar-refractivity contribution in [2.24, 2.45) is 5.92 Å². The van der Waals surface area contributed by atoms with Crippen LogP contribution in [0.4, 0.5) is 15.8 Å². The molecule has 0 bridgehead atoms. The summed E-state index contributed by atoms with van der Waals surface area (Å²) in [5.74, 6) is 0.0419. The van der Waals surface area contributed by atoms with E-state index in [1.807, 2.05) is 12.1 Å². The van der Waals surface area contributed by atoms with Gasteiger partial charge >= 0.3 is 0 Å². The molecule has 0 spiro atoms. The third-order valence-electron chi connectivity index (χ3n) is 6.75. The molecule has 34 heavy (non-hydrogen) atoms. The predicted molar refractivity (Wildman–Crippen MR) is 134 cm³/mol. The summed E-state index contributed by atoms with van der Waals surface area (Å²) in [5, 5.41) is 3.62. The molecule has 6 nitrogen and oxygen atoms in total. The van der Waals surface area contributed by atoms with Crippen molar-refractivity contribution in [3.8, 4) is 0 Å². The molecule has 2 aromatic carbocycles. The van der Waals surface area contributed by atoms with Crippen LogP contribution < -0.4 is 10.0 Å². The number of nitrogens with zero attached hydrogens (tertiary/aromatic N) is 1. The minimum Gasteiger partial charge on any atom is -0.341 e. The van der Waals surface area contributed by atoms with E-state index in [4.69, 9.17) is 0 Å². The molecule has 8 heteroatoms. The molecule has 2 heterocycles. The van der Waals surface area contributed by atoms with Gasteiger partial charge in [-0.15, -0.1) is 0 Å². The molecule has 3 aromatic rings. The number of rotatable bonds is 5. The van der Waals surface area contributed by atoms with Gasteiger partial charge in [-0.1, -0.05) is 25.3 Å². The van der Waals surface area contributed by atoms with E-state index < -0.39 is 10.0 Å². The van der Waals surface area contributed by atoms with Gasteiger partial charge in [0.05, 0.1) is 11.4 Å². The average molecular weight is 482 g/mol. The topological polar surface area (TPSA) is 80.2 Å². The molecule has 1 aliphatic carbocycles. The molecule has 1 amide bonds. The summed E-state index contributed by atoms with van der Waals surface area (Å²) in [4.78, 5) is 12.6. The van der Waals surface area contributed by atoms with Crippen molar-refractivity contribution in [2.45, 2.75) is 45.1 Å². The van der Waals surface area contributed by atoms with Gasteiger partial charge in [0.1, 0.15) is 5.82 Å². The number of sulfonamides is 1. The summed E-state index contributed by atoms with van der Waals surface area (Å²) in [7, 11) is -3.33. The molecule has 2 aliphatic rings. The van der Waals surface area contributed by atoms with E-state index in [0.717, 1.165) is 28.7 Å². The number of halogens is 1. The number of benzene rings is 2. The van der Waals surface area contributed by atoms with E-state index in [1.165, 1.54) is 50.3 Å². The third kappa shape index (κ3) is 5.01. The van der Waals surface area contributed by atoms with E-state index in [0.29, 0.717) is 23.7 Å². The highest BCUT2D eigenvalue weighted by Crippen LogP contribution is 2.30. The normalized spacial score (nSPS) is 18.0. The maximum absolute atomic E-state index is 13.8. The lowest BCUT2D eigenvalue weighted by molar-refractivity contribution is -0.111. The number of nitrogens with one attached hydrogen (secondary N) is 2. The lowest BCUT2D eigenvalue weighted by Gasteiger charge is -2.23. The van der Waals surface area contributed by atoms with E-state index in [1.54, 1.807) is 24.3 Å². The molecular formula is C26H28FN3O3S. The number of aromatic nitrogens is 1. The first kappa shape index (κ1) is 22.7. The predicted octanol–water partition coefficient (Wildman–Crippen LogP) is 5.31. The highest BCUT2D eigenvalue weighted by Gasteiger charge is 2.20. The third-order valence-corrected chi connectivity index (χ3v) is 8.02. The molecule has 2 N–H and O–H groups in total. The summed E-state index contributed by atoms with van der Waals surface area (Å²) in [6.45, 7) is 0.849. The summed E-state index contributed by atoms with van der Waals surface area (Å²) in [6.07, 6.45) is 9.81. The lowest BCUT2D eigenvalue weighted by Crippen LogP contribution is -2.24. The number of fused-ring (bicyclic) bond motifs is 2. The Hall–Kier alpha value is -3.13. The number of aryl methyl sites for hydroxylation is 1. The Morgan fingerprint density at radius 1 is 1.12 bits per heavy atom. The molecule has 1 aromatic heterocycles. The smallest absolute Gasteiger partial charge is 0.248 e. The van der Waals surface area contributed by atoms with Gasteiger partial charge in [0.2, 0.25) is 15.9 Å². The molecule has 0 radical (unpaired) electrons. The van der Waals surface area contributed by atoms with Gasteiger partial charge < -0.3 is 9.88 Å². The van der Waals surface area contributed by atoms with Gasteiger partial charge in [0, 0.05) is 34.9 Å². The van der Waals surface area contributed by atoms with Crippen molar-refractivity contribution in [3.63, 3.8) is 0 Å². The first-order valence-electron chi connectivity index (χ1n) is 11.8. The minimum absolute atomic E-state index is 0.0627. The van der Waals surface area contributed by atoms with E-state index in [2.05, 4.69) is 14.6 Å². The van der Waals surface area contributed by atoms with Gasteiger partial charge in [-0.05, 0) is 73.2 Å². The van der Waals surface area contributed by atoms with E-state index >= 15 is 0 Å². The summed E-state index contributed by atoms with van der Waals surface area (Å²) >= 11 is 0. The van der Waals surface area contributed by atoms with Crippen LogP contribution in [-0.2, 0) is 27.8 Å². The average Bonchev–Trinajstić information content (AvgIpc) is 3.13. The van der Waals surface area contributed by atoms with E-state index in [9.17, 15) is 17.6 Å². The van der Waals surface area contributed by atoms with Crippen LogP contribution in [0, 0.1) is 11.7 Å². The van der Waals surface area contributed by atoms with Gasteiger partial charge in [-0.25, -0.2) is 12.8 Å². The zero-order valence-corrected chi connectivity index (χ0v) is 19.7. The van der Waals surface area contributed by atoms with Gasteiger partial charge in [0.25, 0.3) is 0 Å². The van der Waals surface area contributed by atoms with Crippen molar-refractivity contribution in [3.05, 3.63) is 65.6 Å². The highest BCUT2D eigenvalue weighted by atomic mass is 32.2. The van der Waals surface area contributed by atoms with Crippen LogP contribution >= 0.6 is 0 Å². The molecule has 5 rings (SSSR count). The van der Waals surface area contributed by atoms with Crippen molar-refractivity contribution >= 4 is 44.3 Å². The zero-order chi connectivity index (χ0) is 23.7. The Balaban J connectivity index is 1.36. The second kappa shape index (κ2) is 9.25. The number of amides is 1. The lowest BCUT2D eigenvalue weighted by atomic mass is 9.89. The van der Waals surface area contributed by atoms with Crippen LogP contribution in [0.15, 0.2) is 48.5 Å². The van der Waals surface area contributed by atoms with Crippen LogP contribution in [0.2, 0.25) is 0 Å². The highest BCUT2D eigenvalue weighted by molar-refractivity contribution is 7.92. The Morgan fingerprint density at radius 2 is 1.94 bits per heavy atom. The number of hydrogen-bond donors (Lipinski definition) is 2. The van der Waals surface area contributed by atoms with Crippen LogP contribution in [0.5, 0.6) is 0 Å². The molecule has 178 valence electrons. The van der Waals surface area contributed by atoms with Crippen LogP contribution in [0.1, 0.15) is 43.4 Å². The van der Waals surface area contributed by atoms with Crippen molar-refractivity contribution in [1.29, 1.82) is 0 Å². The van der Waals surface area contributed by atoms with Crippen LogP contribution in [0.25, 0.3) is 17.0 Å². The summed E-state index contributed by atoms with van der Waals surface area (Å²) in [5.41, 5.74) is 3.75. The maximum Gasteiger partial charge on any atom is 0.248 e. The second-order valence-corrected chi connectivity index (χ2v) is 11.1. The number of hydrogen-bond acceptors (Lipinski definition) is 3. The van der Waals surface area contributed by atoms with Crippen molar-refractivity contribution in [1.82, 2.24) is 4.57 Å².